The van der Waals surface area contributed by atoms with Gasteiger partial charge in [0.15, 0.2) is 0 Å². The quantitative estimate of drug-likeness (QED) is 0.293. The Morgan fingerprint density at radius 3 is 2.05 bits per heavy atom. The van der Waals surface area contributed by atoms with Gasteiger partial charge in [0.2, 0.25) is 11.8 Å². The predicted molar refractivity (Wildman–Crippen MR) is 165 cm³/mol. The minimum atomic E-state index is -4.10. The molecule has 41 heavy (non-hydrogen) atoms. The number of aryl methyl sites for hydroxylation is 4. The zero-order valence-electron chi connectivity index (χ0n) is 25.3. The summed E-state index contributed by atoms with van der Waals surface area (Å²) in [6.45, 7) is 13.1. The molecule has 0 saturated heterocycles. The smallest absolute Gasteiger partial charge is 0.264 e. The number of hydrogen-bond donors (Lipinski definition) is 1. The molecule has 0 heterocycles. The first kappa shape index (κ1) is 31.9. The van der Waals surface area contributed by atoms with Crippen LogP contribution >= 0.6 is 0 Å². The lowest BCUT2D eigenvalue weighted by molar-refractivity contribution is -0.140. The molecule has 0 aliphatic rings. The molecule has 1 N–H and O–H groups in total. The minimum Gasteiger partial charge on any atom is -0.352 e. The van der Waals surface area contributed by atoms with Crippen LogP contribution in [-0.2, 0) is 26.2 Å². The summed E-state index contributed by atoms with van der Waals surface area (Å²) in [5.74, 6) is -0.698. The van der Waals surface area contributed by atoms with Crippen molar-refractivity contribution in [3.05, 3.63) is 94.5 Å². The average molecular weight is 578 g/mol. The first-order valence-corrected chi connectivity index (χ1v) is 15.6. The molecule has 220 valence electrons. The van der Waals surface area contributed by atoms with Gasteiger partial charge in [-0.1, -0.05) is 79.1 Å². The molecule has 8 heteroatoms. The number of carbonyl (C=O) groups excluding carboxylic acids is 2. The standard InChI is InChI=1S/C33H43N3O4S/c1-8-27(7)34-33(38)30(9-2)35(21-28-12-10-11-24(4)20-28)32(37)22-36(31-18-15-25(5)19-26(31)6)41(39,40)29-16-13-23(3)14-17-29/h10-20,27,30H,8-9,21-22H2,1-7H3,(H,34,38)/t27-,30-/m1/s1. The molecule has 0 fully saturated rings. The van der Waals surface area contributed by atoms with Gasteiger partial charge < -0.3 is 10.2 Å². The highest BCUT2D eigenvalue weighted by atomic mass is 32.2. The van der Waals surface area contributed by atoms with Crippen molar-refractivity contribution >= 4 is 27.5 Å². The van der Waals surface area contributed by atoms with Crippen LogP contribution in [0.15, 0.2) is 71.6 Å². The monoisotopic (exact) mass is 577 g/mol. The highest BCUT2D eigenvalue weighted by molar-refractivity contribution is 7.92. The Balaban J connectivity index is 2.10. The Morgan fingerprint density at radius 1 is 0.829 bits per heavy atom. The van der Waals surface area contributed by atoms with Crippen LogP contribution in [0.1, 0.15) is 61.4 Å². The second kappa shape index (κ2) is 13.8. The number of sulfonamides is 1. The van der Waals surface area contributed by atoms with E-state index in [1.807, 2.05) is 84.9 Å². The summed E-state index contributed by atoms with van der Waals surface area (Å²) in [5.41, 5.74) is 4.98. The summed E-state index contributed by atoms with van der Waals surface area (Å²) in [6.07, 6.45) is 1.14. The van der Waals surface area contributed by atoms with Crippen LogP contribution in [0.3, 0.4) is 0 Å². The molecule has 0 spiro atoms. The van der Waals surface area contributed by atoms with Crippen LogP contribution in [0.5, 0.6) is 0 Å². The van der Waals surface area contributed by atoms with Gasteiger partial charge in [-0.2, -0.15) is 0 Å². The zero-order chi connectivity index (χ0) is 30.3. The molecule has 2 amide bonds. The molecule has 2 atom stereocenters. The van der Waals surface area contributed by atoms with Gasteiger partial charge in [-0.3, -0.25) is 13.9 Å². The molecule has 0 saturated carbocycles. The van der Waals surface area contributed by atoms with Crippen molar-refractivity contribution in [1.82, 2.24) is 10.2 Å². The highest BCUT2D eigenvalue weighted by Gasteiger charge is 2.34. The molecule has 0 aliphatic carbocycles. The molecular weight excluding hydrogens is 534 g/mol. The van der Waals surface area contributed by atoms with Gasteiger partial charge in [0.05, 0.1) is 10.6 Å². The van der Waals surface area contributed by atoms with Crippen molar-refractivity contribution in [3.63, 3.8) is 0 Å². The van der Waals surface area contributed by atoms with E-state index in [-0.39, 0.29) is 23.4 Å². The number of nitrogens with one attached hydrogen (secondary N) is 1. The summed E-state index contributed by atoms with van der Waals surface area (Å²) in [7, 11) is -4.10. The number of benzene rings is 3. The molecule has 3 aromatic carbocycles. The summed E-state index contributed by atoms with van der Waals surface area (Å²) in [6, 6.07) is 19.0. The SMILES string of the molecule is CC[C@@H](C)NC(=O)[C@@H](CC)N(Cc1cccc(C)c1)C(=O)CN(c1ccc(C)cc1C)S(=O)(=O)c1ccc(C)cc1. The molecule has 0 aromatic heterocycles. The van der Waals surface area contributed by atoms with E-state index in [0.29, 0.717) is 12.1 Å². The second-order valence-electron chi connectivity index (χ2n) is 10.9. The first-order valence-electron chi connectivity index (χ1n) is 14.2. The lowest BCUT2D eigenvalue weighted by Gasteiger charge is -2.34. The van der Waals surface area contributed by atoms with Crippen molar-refractivity contribution in [3.8, 4) is 0 Å². The number of hydrogen-bond acceptors (Lipinski definition) is 4. The molecule has 3 rings (SSSR count). The Hall–Kier alpha value is -3.65. The molecule has 0 bridgehead atoms. The van der Waals surface area contributed by atoms with E-state index in [9.17, 15) is 18.0 Å². The molecular formula is C33H43N3O4S. The Morgan fingerprint density at radius 2 is 1.46 bits per heavy atom. The van der Waals surface area contributed by atoms with Gasteiger partial charge >= 0.3 is 0 Å². The highest BCUT2D eigenvalue weighted by Crippen LogP contribution is 2.28. The van der Waals surface area contributed by atoms with Crippen LogP contribution < -0.4 is 9.62 Å². The topological polar surface area (TPSA) is 86.8 Å². The van der Waals surface area contributed by atoms with Gasteiger partial charge in [0, 0.05) is 12.6 Å². The average Bonchev–Trinajstić information content (AvgIpc) is 2.92. The van der Waals surface area contributed by atoms with Crippen LogP contribution in [0.4, 0.5) is 5.69 Å². The molecule has 0 unspecified atom stereocenters. The molecule has 3 aromatic rings. The molecule has 0 radical (unpaired) electrons. The Bertz CT molecular complexity index is 1470. The Labute approximate surface area is 245 Å². The summed E-state index contributed by atoms with van der Waals surface area (Å²) < 4.78 is 29.3. The predicted octanol–water partition coefficient (Wildman–Crippen LogP) is 5.84. The second-order valence-corrected chi connectivity index (χ2v) is 12.7. The van der Waals surface area contributed by atoms with Crippen molar-refractivity contribution in [2.75, 3.05) is 10.8 Å². The Kier molecular flexibility index (Phi) is 10.7. The van der Waals surface area contributed by atoms with Crippen molar-refractivity contribution < 1.29 is 18.0 Å². The normalized spacial score (nSPS) is 12.9. The number of nitrogens with zero attached hydrogens (tertiary/aromatic N) is 2. The van der Waals surface area contributed by atoms with E-state index in [4.69, 9.17) is 0 Å². The third kappa shape index (κ3) is 7.97. The van der Waals surface area contributed by atoms with E-state index in [1.165, 1.54) is 9.21 Å². The summed E-state index contributed by atoms with van der Waals surface area (Å²) in [4.78, 5) is 29.3. The maximum atomic E-state index is 14.2. The maximum Gasteiger partial charge on any atom is 0.264 e. The van der Waals surface area contributed by atoms with E-state index in [2.05, 4.69) is 5.32 Å². The molecule has 7 nitrogen and oxygen atoms in total. The van der Waals surface area contributed by atoms with Gasteiger partial charge in [-0.25, -0.2) is 8.42 Å². The zero-order valence-corrected chi connectivity index (χ0v) is 26.1. The number of carbonyl (C=O) groups is 2. The van der Waals surface area contributed by atoms with Gasteiger partial charge in [-0.15, -0.1) is 0 Å². The maximum absolute atomic E-state index is 14.2. The lowest BCUT2D eigenvalue weighted by Crippen LogP contribution is -2.53. The number of amides is 2. The van der Waals surface area contributed by atoms with Crippen molar-refractivity contribution in [2.45, 2.75) is 84.8 Å². The van der Waals surface area contributed by atoms with Crippen LogP contribution in [0.25, 0.3) is 0 Å². The van der Waals surface area contributed by atoms with Crippen LogP contribution in [-0.4, -0.2) is 43.8 Å². The largest absolute Gasteiger partial charge is 0.352 e. The van der Waals surface area contributed by atoms with Crippen LogP contribution in [0.2, 0.25) is 0 Å². The minimum absolute atomic E-state index is 0.0545. The number of anilines is 1. The van der Waals surface area contributed by atoms with Crippen LogP contribution in [0, 0.1) is 27.7 Å². The van der Waals surface area contributed by atoms with Crippen molar-refractivity contribution in [1.29, 1.82) is 0 Å². The van der Waals surface area contributed by atoms with Gasteiger partial charge in [-0.05, 0) is 76.8 Å². The fourth-order valence-electron chi connectivity index (χ4n) is 4.80. The van der Waals surface area contributed by atoms with Crippen molar-refractivity contribution in [2.24, 2.45) is 0 Å². The summed E-state index contributed by atoms with van der Waals surface area (Å²) in [5, 5.41) is 3.01. The van der Waals surface area contributed by atoms with E-state index >= 15 is 0 Å². The summed E-state index contributed by atoms with van der Waals surface area (Å²) >= 11 is 0. The fraction of sp³-hybridized carbons (Fsp3) is 0.394. The molecule has 0 aliphatic heterocycles. The van der Waals surface area contributed by atoms with E-state index in [1.54, 1.807) is 30.3 Å². The fourth-order valence-corrected chi connectivity index (χ4v) is 6.28. The number of rotatable bonds is 12. The third-order valence-corrected chi connectivity index (χ3v) is 9.11. The first-order chi connectivity index (χ1) is 19.4. The lowest BCUT2D eigenvalue weighted by atomic mass is 10.1. The third-order valence-electron chi connectivity index (χ3n) is 7.33. The van der Waals surface area contributed by atoms with Gasteiger partial charge in [0.1, 0.15) is 12.6 Å². The van der Waals surface area contributed by atoms with E-state index < -0.39 is 28.5 Å². The van der Waals surface area contributed by atoms with E-state index in [0.717, 1.165) is 34.2 Å². The van der Waals surface area contributed by atoms with Gasteiger partial charge in [0.25, 0.3) is 10.0 Å².